The highest BCUT2D eigenvalue weighted by atomic mass is 19.1. The Labute approximate surface area is 127 Å². The van der Waals surface area contributed by atoms with Crippen molar-refractivity contribution >= 4 is 11.8 Å². The molecule has 1 aromatic carbocycles. The molecule has 0 aliphatic carbocycles. The first-order chi connectivity index (χ1) is 10.6. The molecule has 0 saturated carbocycles. The number of hydrogen-bond donors (Lipinski definition) is 1. The number of nitrogens with two attached hydrogens (primary N) is 1. The number of para-hydroxylation sites is 1. The zero-order chi connectivity index (χ0) is 15.9. The van der Waals surface area contributed by atoms with Crippen LogP contribution in [0.2, 0.25) is 0 Å². The molecule has 2 aromatic rings. The van der Waals surface area contributed by atoms with Gasteiger partial charge in [-0.25, -0.2) is 19.2 Å². The van der Waals surface area contributed by atoms with Crippen molar-refractivity contribution in [1.29, 1.82) is 0 Å². The first kappa shape index (κ1) is 15.7. The number of carbonyl (C=O) groups is 1. The summed E-state index contributed by atoms with van der Waals surface area (Å²) in [5.41, 5.74) is 5.83. The average Bonchev–Trinajstić information content (AvgIpc) is 2.49. The Morgan fingerprint density at radius 1 is 1.36 bits per heavy atom. The van der Waals surface area contributed by atoms with Crippen LogP contribution < -0.4 is 10.5 Å². The Hall–Kier alpha value is -2.70. The van der Waals surface area contributed by atoms with Crippen LogP contribution >= 0.6 is 0 Å². The van der Waals surface area contributed by atoms with Crippen molar-refractivity contribution in [3.63, 3.8) is 0 Å². The number of ether oxygens (including phenoxy) is 2. The summed E-state index contributed by atoms with van der Waals surface area (Å²) in [6, 6.07) is 6.12. The van der Waals surface area contributed by atoms with Crippen molar-refractivity contribution in [2.24, 2.45) is 0 Å². The van der Waals surface area contributed by atoms with E-state index in [-0.39, 0.29) is 30.3 Å². The minimum absolute atomic E-state index is 0.0503. The Morgan fingerprint density at radius 2 is 2.14 bits per heavy atom. The average molecular weight is 305 g/mol. The number of halogens is 1. The summed E-state index contributed by atoms with van der Waals surface area (Å²) in [4.78, 5) is 19.6. The van der Waals surface area contributed by atoms with Crippen LogP contribution in [-0.4, -0.2) is 29.2 Å². The summed E-state index contributed by atoms with van der Waals surface area (Å²) in [5, 5.41) is 0. The van der Waals surface area contributed by atoms with Gasteiger partial charge in [0.05, 0.1) is 13.2 Å². The van der Waals surface area contributed by atoms with Crippen LogP contribution in [0.3, 0.4) is 0 Å². The van der Waals surface area contributed by atoms with E-state index < -0.39 is 11.8 Å². The summed E-state index contributed by atoms with van der Waals surface area (Å²) in [6.45, 7) is 2.14. The third kappa shape index (κ3) is 3.91. The summed E-state index contributed by atoms with van der Waals surface area (Å²) in [6.07, 6.45) is 1.65. The molecule has 6 nitrogen and oxygen atoms in total. The number of aromatic nitrogens is 2. The molecule has 0 unspecified atom stereocenters. The maximum Gasteiger partial charge on any atom is 0.343 e. The van der Waals surface area contributed by atoms with E-state index in [1.165, 1.54) is 18.3 Å². The van der Waals surface area contributed by atoms with Gasteiger partial charge in [0.2, 0.25) is 0 Å². The number of esters is 1. The quantitative estimate of drug-likeness (QED) is 0.821. The van der Waals surface area contributed by atoms with E-state index in [0.29, 0.717) is 12.2 Å². The van der Waals surface area contributed by atoms with Gasteiger partial charge < -0.3 is 15.2 Å². The van der Waals surface area contributed by atoms with Crippen molar-refractivity contribution in [3.05, 3.63) is 47.7 Å². The summed E-state index contributed by atoms with van der Waals surface area (Å²) in [7, 11) is 0. The lowest BCUT2D eigenvalue weighted by Gasteiger charge is -2.08. The van der Waals surface area contributed by atoms with Gasteiger partial charge in [0.25, 0.3) is 0 Å². The Kier molecular flexibility index (Phi) is 5.24. The molecular formula is C15H16FN3O3. The molecule has 2 rings (SSSR count). The van der Waals surface area contributed by atoms with E-state index in [2.05, 4.69) is 9.97 Å². The van der Waals surface area contributed by atoms with Crippen LogP contribution in [-0.2, 0) is 11.2 Å². The van der Waals surface area contributed by atoms with Gasteiger partial charge in [-0.2, -0.15) is 0 Å². The topological polar surface area (TPSA) is 87.3 Å². The number of nitrogens with zero attached hydrogens (tertiary/aromatic N) is 2. The van der Waals surface area contributed by atoms with Gasteiger partial charge in [0.15, 0.2) is 11.6 Å². The van der Waals surface area contributed by atoms with Gasteiger partial charge in [0, 0.05) is 12.6 Å². The molecule has 0 bridgehead atoms. The van der Waals surface area contributed by atoms with Gasteiger partial charge >= 0.3 is 5.97 Å². The third-order valence-electron chi connectivity index (χ3n) is 2.78. The largest absolute Gasteiger partial charge is 0.490 e. The van der Waals surface area contributed by atoms with Crippen molar-refractivity contribution in [2.75, 3.05) is 18.9 Å². The van der Waals surface area contributed by atoms with Crippen LogP contribution in [0.4, 0.5) is 10.2 Å². The van der Waals surface area contributed by atoms with E-state index in [4.69, 9.17) is 15.2 Å². The van der Waals surface area contributed by atoms with Gasteiger partial charge in [-0.15, -0.1) is 0 Å². The second kappa shape index (κ2) is 7.35. The SMILES string of the molecule is CCOC(=O)c1cnc(CCOc2ccccc2F)nc1N. The standard InChI is InChI=1S/C15H16FN3O3/c1-2-21-15(20)10-9-18-13(19-14(10)17)7-8-22-12-6-4-3-5-11(12)16/h3-6,9H,2,7-8H2,1H3,(H2,17,18,19). The predicted molar refractivity (Wildman–Crippen MR) is 78.0 cm³/mol. The molecular weight excluding hydrogens is 289 g/mol. The van der Waals surface area contributed by atoms with Gasteiger partial charge in [-0.3, -0.25) is 0 Å². The van der Waals surface area contributed by atoms with Crippen LogP contribution in [0, 0.1) is 5.82 Å². The normalized spacial score (nSPS) is 10.3. The number of benzene rings is 1. The number of rotatable bonds is 6. The lowest BCUT2D eigenvalue weighted by atomic mass is 10.3. The molecule has 1 aromatic heterocycles. The zero-order valence-electron chi connectivity index (χ0n) is 12.1. The summed E-state index contributed by atoms with van der Waals surface area (Å²) < 4.78 is 23.5. The minimum Gasteiger partial charge on any atom is -0.490 e. The maximum absolute atomic E-state index is 13.4. The first-order valence-corrected chi connectivity index (χ1v) is 6.77. The number of nitrogen functional groups attached to an aromatic ring is 1. The Bertz CT molecular complexity index is 664. The predicted octanol–water partition coefficient (Wildman–Crippen LogP) is 2.00. The second-order valence-corrected chi connectivity index (χ2v) is 4.33. The molecule has 22 heavy (non-hydrogen) atoms. The summed E-state index contributed by atoms with van der Waals surface area (Å²) in [5.74, 6) is -0.371. The zero-order valence-corrected chi connectivity index (χ0v) is 12.1. The Morgan fingerprint density at radius 3 is 2.82 bits per heavy atom. The van der Waals surface area contributed by atoms with Crippen LogP contribution in [0.25, 0.3) is 0 Å². The summed E-state index contributed by atoms with van der Waals surface area (Å²) >= 11 is 0. The highest BCUT2D eigenvalue weighted by molar-refractivity contribution is 5.93. The lowest BCUT2D eigenvalue weighted by molar-refractivity contribution is 0.0526. The van der Waals surface area contributed by atoms with Gasteiger partial charge in [0.1, 0.15) is 17.2 Å². The molecule has 0 spiro atoms. The maximum atomic E-state index is 13.4. The highest BCUT2D eigenvalue weighted by Crippen LogP contribution is 2.15. The first-order valence-electron chi connectivity index (χ1n) is 6.77. The van der Waals surface area contributed by atoms with E-state index >= 15 is 0 Å². The van der Waals surface area contributed by atoms with Crippen molar-refractivity contribution in [2.45, 2.75) is 13.3 Å². The van der Waals surface area contributed by atoms with Crippen LogP contribution in [0.1, 0.15) is 23.1 Å². The van der Waals surface area contributed by atoms with E-state index in [0.717, 1.165) is 0 Å². The second-order valence-electron chi connectivity index (χ2n) is 4.33. The fourth-order valence-electron chi connectivity index (χ4n) is 1.73. The molecule has 0 atom stereocenters. The molecule has 0 aliphatic rings. The molecule has 0 saturated heterocycles. The minimum atomic E-state index is -0.561. The number of hydrogen-bond acceptors (Lipinski definition) is 6. The van der Waals surface area contributed by atoms with Crippen LogP contribution in [0.15, 0.2) is 30.5 Å². The van der Waals surface area contributed by atoms with Gasteiger partial charge in [-0.1, -0.05) is 12.1 Å². The molecule has 0 fully saturated rings. The van der Waals surface area contributed by atoms with Crippen LogP contribution in [0.5, 0.6) is 5.75 Å². The molecule has 116 valence electrons. The number of carbonyl (C=O) groups excluding carboxylic acids is 1. The molecule has 1 heterocycles. The lowest BCUT2D eigenvalue weighted by Crippen LogP contribution is -2.13. The molecule has 0 aliphatic heterocycles. The van der Waals surface area contributed by atoms with E-state index in [1.807, 2.05) is 0 Å². The van der Waals surface area contributed by atoms with Gasteiger partial charge in [-0.05, 0) is 19.1 Å². The van der Waals surface area contributed by atoms with Crippen molar-refractivity contribution in [1.82, 2.24) is 9.97 Å². The van der Waals surface area contributed by atoms with E-state index in [1.54, 1.807) is 19.1 Å². The number of anilines is 1. The smallest absolute Gasteiger partial charge is 0.343 e. The van der Waals surface area contributed by atoms with Crippen molar-refractivity contribution in [3.8, 4) is 5.75 Å². The monoisotopic (exact) mass is 305 g/mol. The molecule has 2 N–H and O–H groups in total. The Balaban J connectivity index is 1.95. The fraction of sp³-hybridized carbons (Fsp3) is 0.267. The van der Waals surface area contributed by atoms with E-state index in [9.17, 15) is 9.18 Å². The van der Waals surface area contributed by atoms with Crippen molar-refractivity contribution < 1.29 is 18.7 Å². The fourth-order valence-corrected chi connectivity index (χ4v) is 1.73. The molecule has 0 amide bonds. The third-order valence-corrected chi connectivity index (χ3v) is 2.78. The molecule has 7 heteroatoms. The highest BCUT2D eigenvalue weighted by Gasteiger charge is 2.13. The molecule has 0 radical (unpaired) electrons.